The van der Waals surface area contributed by atoms with E-state index in [2.05, 4.69) is 10.3 Å². The predicted octanol–water partition coefficient (Wildman–Crippen LogP) is 2.73. The summed E-state index contributed by atoms with van der Waals surface area (Å²) in [6, 6.07) is 7.12. The molecule has 1 N–H and O–H groups in total. The molecular formula is C15H16N2O3S2. The Kier molecular flexibility index (Phi) is 6.42. The fraction of sp³-hybridized carbons (Fsp3) is 0.267. The number of nitrogens with one attached hydrogen (secondary N) is 1. The van der Waals surface area contributed by atoms with Gasteiger partial charge in [0, 0.05) is 22.6 Å². The van der Waals surface area contributed by atoms with E-state index < -0.39 is 5.97 Å². The van der Waals surface area contributed by atoms with Crippen molar-refractivity contribution in [2.75, 3.05) is 13.2 Å². The number of thioether (sulfide) groups is 1. The highest BCUT2D eigenvalue weighted by atomic mass is 32.2. The second-order valence-electron chi connectivity index (χ2n) is 4.32. The van der Waals surface area contributed by atoms with Gasteiger partial charge in [0.2, 0.25) is 0 Å². The fourth-order valence-corrected chi connectivity index (χ4v) is 3.08. The lowest BCUT2D eigenvalue weighted by atomic mass is 10.2. The first-order valence-corrected chi connectivity index (χ1v) is 8.65. The van der Waals surface area contributed by atoms with Crippen LogP contribution < -0.4 is 5.32 Å². The number of thiazole rings is 1. The molecule has 1 aromatic carbocycles. The van der Waals surface area contributed by atoms with Crippen LogP contribution in [0.2, 0.25) is 0 Å². The van der Waals surface area contributed by atoms with Gasteiger partial charge in [-0.05, 0) is 31.2 Å². The van der Waals surface area contributed by atoms with Crippen molar-refractivity contribution in [2.45, 2.75) is 17.6 Å². The van der Waals surface area contributed by atoms with E-state index in [0.29, 0.717) is 12.1 Å². The molecule has 116 valence electrons. The minimum absolute atomic E-state index is 0.257. The third-order valence-corrected chi connectivity index (χ3v) is 4.35. The van der Waals surface area contributed by atoms with Crippen LogP contribution in [0.4, 0.5) is 0 Å². The first kappa shape index (κ1) is 16.5. The van der Waals surface area contributed by atoms with E-state index in [1.807, 2.05) is 29.9 Å². The van der Waals surface area contributed by atoms with Crippen molar-refractivity contribution in [3.8, 4) is 0 Å². The van der Waals surface area contributed by atoms with Gasteiger partial charge in [-0.15, -0.1) is 23.1 Å². The molecule has 1 heterocycles. The van der Waals surface area contributed by atoms with Crippen LogP contribution in [0.5, 0.6) is 0 Å². The van der Waals surface area contributed by atoms with Crippen LogP contribution in [0.1, 0.15) is 23.0 Å². The Morgan fingerprint density at radius 2 is 2.09 bits per heavy atom. The van der Waals surface area contributed by atoms with Gasteiger partial charge in [0.15, 0.2) is 6.61 Å². The van der Waals surface area contributed by atoms with Gasteiger partial charge in [-0.3, -0.25) is 4.79 Å². The Hall–Kier alpha value is -1.86. The molecule has 0 saturated heterocycles. The van der Waals surface area contributed by atoms with E-state index >= 15 is 0 Å². The summed E-state index contributed by atoms with van der Waals surface area (Å²) < 4.78 is 4.93. The summed E-state index contributed by atoms with van der Waals surface area (Å²) in [4.78, 5) is 28.3. The molecule has 0 atom stereocenters. The van der Waals surface area contributed by atoms with Crippen molar-refractivity contribution in [3.63, 3.8) is 0 Å². The van der Waals surface area contributed by atoms with Crippen LogP contribution >= 0.6 is 23.1 Å². The number of hydrogen-bond acceptors (Lipinski definition) is 6. The normalized spacial score (nSPS) is 10.2. The number of carbonyl (C=O) groups excluding carboxylic acids is 2. The average molecular weight is 336 g/mol. The molecule has 22 heavy (non-hydrogen) atoms. The number of aromatic nitrogens is 1. The van der Waals surface area contributed by atoms with Gasteiger partial charge >= 0.3 is 5.97 Å². The van der Waals surface area contributed by atoms with Crippen molar-refractivity contribution in [1.29, 1.82) is 0 Å². The maximum Gasteiger partial charge on any atom is 0.338 e. The molecule has 1 amide bonds. The molecule has 2 aromatic rings. The van der Waals surface area contributed by atoms with Crippen LogP contribution in [0, 0.1) is 0 Å². The van der Waals surface area contributed by atoms with Crippen molar-refractivity contribution in [3.05, 3.63) is 46.4 Å². The Morgan fingerprint density at radius 1 is 1.32 bits per heavy atom. The van der Waals surface area contributed by atoms with E-state index in [4.69, 9.17) is 4.74 Å². The van der Waals surface area contributed by atoms with E-state index in [1.165, 1.54) is 0 Å². The SMILES string of the molecule is CCNC(=O)COC(=O)c1ccc(SCc2cscn2)cc1. The molecule has 5 nitrogen and oxygen atoms in total. The lowest BCUT2D eigenvalue weighted by molar-refractivity contribution is -0.124. The summed E-state index contributed by atoms with van der Waals surface area (Å²) in [6.45, 7) is 2.07. The van der Waals surface area contributed by atoms with Gasteiger partial charge in [-0.1, -0.05) is 0 Å². The second kappa shape index (κ2) is 8.55. The quantitative estimate of drug-likeness (QED) is 0.622. The highest BCUT2D eigenvalue weighted by Crippen LogP contribution is 2.23. The van der Waals surface area contributed by atoms with Crippen molar-refractivity contribution in [2.24, 2.45) is 0 Å². The van der Waals surface area contributed by atoms with Crippen LogP contribution in [0.3, 0.4) is 0 Å². The van der Waals surface area contributed by atoms with Crippen LogP contribution in [-0.4, -0.2) is 30.0 Å². The number of nitrogens with zero attached hydrogens (tertiary/aromatic N) is 1. The zero-order chi connectivity index (χ0) is 15.8. The third kappa shape index (κ3) is 5.16. The minimum Gasteiger partial charge on any atom is -0.452 e. The zero-order valence-corrected chi connectivity index (χ0v) is 13.7. The van der Waals surface area contributed by atoms with Crippen LogP contribution in [0.15, 0.2) is 40.1 Å². The largest absolute Gasteiger partial charge is 0.452 e. The van der Waals surface area contributed by atoms with E-state index in [9.17, 15) is 9.59 Å². The van der Waals surface area contributed by atoms with Gasteiger partial charge in [0.1, 0.15) is 0 Å². The molecule has 7 heteroatoms. The molecule has 0 spiro atoms. The molecule has 0 bridgehead atoms. The number of likely N-dealkylation sites (N-methyl/N-ethyl adjacent to an activating group) is 1. The van der Waals surface area contributed by atoms with Crippen molar-refractivity contribution < 1.29 is 14.3 Å². The van der Waals surface area contributed by atoms with Gasteiger partial charge in [0.05, 0.1) is 16.8 Å². The third-order valence-electron chi connectivity index (χ3n) is 2.67. The molecule has 0 radical (unpaired) electrons. The maximum absolute atomic E-state index is 11.8. The zero-order valence-electron chi connectivity index (χ0n) is 12.1. The molecule has 0 aliphatic rings. The Balaban J connectivity index is 1.82. The Bertz CT molecular complexity index is 612. The number of esters is 1. The van der Waals surface area contributed by atoms with E-state index in [1.54, 1.807) is 35.2 Å². The Morgan fingerprint density at radius 3 is 2.73 bits per heavy atom. The first-order chi connectivity index (χ1) is 10.7. The lowest BCUT2D eigenvalue weighted by Crippen LogP contribution is -2.28. The topological polar surface area (TPSA) is 68.3 Å². The summed E-state index contributed by atoms with van der Waals surface area (Å²) in [7, 11) is 0. The van der Waals surface area contributed by atoms with Gasteiger partial charge in [-0.2, -0.15) is 0 Å². The van der Waals surface area contributed by atoms with Crippen molar-refractivity contribution >= 4 is 35.0 Å². The maximum atomic E-state index is 11.8. The number of rotatable bonds is 7. The molecule has 0 unspecified atom stereocenters. The lowest BCUT2D eigenvalue weighted by Gasteiger charge is -2.05. The molecular weight excluding hydrogens is 320 g/mol. The van der Waals surface area contributed by atoms with Crippen LogP contribution in [0.25, 0.3) is 0 Å². The van der Waals surface area contributed by atoms with Gasteiger partial charge in [0.25, 0.3) is 5.91 Å². The molecule has 0 aliphatic carbocycles. The predicted molar refractivity (Wildman–Crippen MR) is 87.1 cm³/mol. The van der Waals surface area contributed by atoms with Crippen molar-refractivity contribution in [1.82, 2.24) is 10.3 Å². The monoisotopic (exact) mass is 336 g/mol. The first-order valence-electron chi connectivity index (χ1n) is 6.72. The second-order valence-corrected chi connectivity index (χ2v) is 6.09. The summed E-state index contributed by atoms with van der Waals surface area (Å²) in [5.74, 6) is -0.00149. The smallest absolute Gasteiger partial charge is 0.338 e. The summed E-state index contributed by atoms with van der Waals surface area (Å²) in [5.41, 5.74) is 3.28. The number of benzene rings is 1. The summed E-state index contributed by atoms with van der Waals surface area (Å²) >= 11 is 3.23. The fourth-order valence-electron chi connectivity index (χ4n) is 1.62. The van der Waals surface area contributed by atoms with Gasteiger partial charge in [-0.25, -0.2) is 9.78 Å². The highest BCUT2D eigenvalue weighted by molar-refractivity contribution is 7.98. The average Bonchev–Trinajstić information content (AvgIpc) is 3.05. The van der Waals surface area contributed by atoms with Gasteiger partial charge < -0.3 is 10.1 Å². The molecule has 0 saturated carbocycles. The summed E-state index contributed by atoms with van der Waals surface area (Å²) in [5, 5.41) is 4.58. The molecule has 1 aromatic heterocycles. The van der Waals surface area contributed by atoms with E-state index in [-0.39, 0.29) is 12.5 Å². The molecule has 2 rings (SSSR count). The Labute approximate surface area is 137 Å². The molecule has 0 fully saturated rings. The highest BCUT2D eigenvalue weighted by Gasteiger charge is 2.09. The number of hydrogen-bond donors (Lipinski definition) is 1. The minimum atomic E-state index is -0.498. The molecule has 0 aliphatic heterocycles. The number of carbonyl (C=O) groups is 2. The van der Waals surface area contributed by atoms with E-state index in [0.717, 1.165) is 16.3 Å². The summed E-state index contributed by atoms with van der Waals surface area (Å²) in [6.07, 6.45) is 0. The number of amides is 1. The number of ether oxygens (including phenoxy) is 1. The standard InChI is InChI=1S/C15H16N2O3S2/c1-2-16-14(18)7-20-15(19)11-3-5-13(6-4-11)22-9-12-8-21-10-17-12/h3-6,8,10H,2,7,9H2,1H3,(H,16,18). The van der Waals surface area contributed by atoms with Crippen LogP contribution in [-0.2, 0) is 15.3 Å².